The van der Waals surface area contributed by atoms with Crippen molar-refractivity contribution in [1.82, 2.24) is 18.9 Å². The normalized spacial score (nSPS) is 13.4. The largest absolute Gasteiger partial charge is 0.309 e. The number of imidazole rings is 1. The summed E-state index contributed by atoms with van der Waals surface area (Å²) in [5.74, 6) is 0.700. The van der Waals surface area contributed by atoms with Crippen LogP contribution in [0.4, 0.5) is 0 Å². The van der Waals surface area contributed by atoms with Crippen molar-refractivity contribution in [2.75, 3.05) is 0 Å². The Morgan fingerprint density at radius 3 is 1.98 bits per heavy atom. The van der Waals surface area contributed by atoms with Crippen molar-refractivity contribution in [3.05, 3.63) is 181 Å². The first-order valence-electron chi connectivity index (χ1n) is 19.0. The molecule has 0 spiro atoms. The van der Waals surface area contributed by atoms with Gasteiger partial charge < -0.3 is 4.57 Å². The van der Waals surface area contributed by atoms with E-state index in [1.54, 1.807) is 6.20 Å². The van der Waals surface area contributed by atoms with Crippen molar-refractivity contribution in [2.24, 2.45) is 0 Å². The molecule has 0 N–H and O–H groups in total. The quantitative estimate of drug-likeness (QED) is 0.172. The maximum atomic E-state index is 4.78. The first-order valence-corrected chi connectivity index (χ1v) is 19.0. The molecule has 4 nitrogen and oxygen atoms in total. The third kappa shape index (κ3) is 4.17. The summed E-state index contributed by atoms with van der Waals surface area (Å²) in [7, 11) is 0. The summed E-state index contributed by atoms with van der Waals surface area (Å²) in [6.07, 6.45) is 5.81. The van der Waals surface area contributed by atoms with Crippen LogP contribution in [0, 0.1) is 0 Å². The van der Waals surface area contributed by atoms with Crippen LogP contribution in [-0.4, -0.2) is 18.9 Å². The van der Waals surface area contributed by atoms with E-state index in [1.165, 1.54) is 93.2 Å². The Morgan fingerprint density at radius 2 is 1.16 bits per heavy atom. The average molecular weight is 703 g/mol. The van der Waals surface area contributed by atoms with Gasteiger partial charge in [-0.05, 0) is 90.6 Å². The molecule has 0 fully saturated rings. The highest BCUT2D eigenvalue weighted by atomic mass is 15.1. The van der Waals surface area contributed by atoms with Gasteiger partial charge in [0, 0.05) is 51.4 Å². The van der Waals surface area contributed by atoms with E-state index in [9.17, 15) is 0 Å². The summed E-state index contributed by atoms with van der Waals surface area (Å²) in [4.78, 5) is 9.20. The second-order valence-electron chi connectivity index (χ2n) is 15.4. The highest BCUT2D eigenvalue weighted by Gasteiger charge is 2.35. The third-order valence-electron chi connectivity index (χ3n) is 12.2. The fourth-order valence-electron chi connectivity index (χ4n) is 9.66. The summed E-state index contributed by atoms with van der Waals surface area (Å²) in [6.45, 7) is 4.73. The van der Waals surface area contributed by atoms with Crippen molar-refractivity contribution in [3.63, 3.8) is 0 Å². The van der Waals surface area contributed by atoms with Crippen LogP contribution >= 0.6 is 0 Å². The lowest BCUT2D eigenvalue weighted by Gasteiger charge is -2.22. The summed E-state index contributed by atoms with van der Waals surface area (Å²) in [6, 6.07) is 56.2. The molecular formula is C51H34N4. The second kappa shape index (κ2) is 11.0. The van der Waals surface area contributed by atoms with Gasteiger partial charge in [-0.1, -0.05) is 135 Å². The van der Waals surface area contributed by atoms with Gasteiger partial charge in [-0.15, -0.1) is 0 Å². The smallest absolute Gasteiger partial charge is 0.234 e. The van der Waals surface area contributed by atoms with E-state index in [-0.39, 0.29) is 5.41 Å². The number of aromatic nitrogens is 4. The van der Waals surface area contributed by atoms with Crippen molar-refractivity contribution in [2.45, 2.75) is 19.3 Å². The van der Waals surface area contributed by atoms with Gasteiger partial charge in [-0.25, -0.2) is 9.97 Å². The molecule has 0 saturated heterocycles. The van der Waals surface area contributed by atoms with Crippen LogP contribution < -0.4 is 0 Å². The second-order valence-corrected chi connectivity index (χ2v) is 15.4. The predicted molar refractivity (Wildman–Crippen MR) is 228 cm³/mol. The van der Waals surface area contributed by atoms with Crippen LogP contribution in [0.1, 0.15) is 25.0 Å². The molecule has 1 aliphatic carbocycles. The summed E-state index contributed by atoms with van der Waals surface area (Å²) >= 11 is 0. The van der Waals surface area contributed by atoms with Crippen molar-refractivity contribution < 1.29 is 0 Å². The first-order chi connectivity index (χ1) is 27.0. The molecule has 4 heteroatoms. The van der Waals surface area contributed by atoms with Gasteiger partial charge in [0.05, 0.1) is 16.7 Å². The molecule has 8 aromatic carbocycles. The van der Waals surface area contributed by atoms with Gasteiger partial charge in [0.1, 0.15) is 0 Å². The highest BCUT2D eigenvalue weighted by Crippen LogP contribution is 2.51. The molecule has 258 valence electrons. The van der Waals surface area contributed by atoms with E-state index in [4.69, 9.17) is 4.98 Å². The van der Waals surface area contributed by atoms with Crippen LogP contribution in [0.5, 0.6) is 0 Å². The van der Waals surface area contributed by atoms with Crippen molar-refractivity contribution in [3.8, 4) is 39.2 Å². The zero-order chi connectivity index (χ0) is 36.4. The molecule has 11 aromatic rings. The Labute approximate surface area is 317 Å². The number of nitrogens with zero attached hydrogens (tertiary/aromatic N) is 4. The minimum Gasteiger partial charge on any atom is -0.309 e. The molecule has 55 heavy (non-hydrogen) atoms. The minimum atomic E-state index is -0.102. The van der Waals surface area contributed by atoms with E-state index in [1.807, 2.05) is 22.9 Å². The van der Waals surface area contributed by atoms with Gasteiger partial charge in [0.15, 0.2) is 0 Å². The Morgan fingerprint density at radius 1 is 0.509 bits per heavy atom. The van der Waals surface area contributed by atoms with Crippen LogP contribution in [0.15, 0.2) is 170 Å². The molecule has 0 aliphatic heterocycles. The van der Waals surface area contributed by atoms with Gasteiger partial charge in [0.25, 0.3) is 0 Å². The number of rotatable bonds is 3. The molecular weight excluding hydrogens is 669 g/mol. The number of fused-ring (bicyclic) bond motifs is 14. The molecule has 3 aromatic heterocycles. The Balaban J connectivity index is 1.16. The molecule has 0 amide bonds. The van der Waals surface area contributed by atoms with Gasteiger partial charge in [-0.3, -0.25) is 4.40 Å². The monoisotopic (exact) mass is 702 g/mol. The van der Waals surface area contributed by atoms with Gasteiger partial charge in [0.2, 0.25) is 5.78 Å². The van der Waals surface area contributed by atoms with Gasteiger partial charge in [-0.2, -0.15) is 0 Å². The van der Waals surface area contributed by atoms with Crippen LogP contribution in [-0.2, 0) is 5.41 Å². The van der Waals surface area contributed by atoms with Crippen molar-refractivity contribution in [1.29, 1.82) is 0 Å². The number of hydrogen-bond acceptors (Lipinski definition) is 2. The lowest BCUT2D eigenvalue weighted by Crippen LogP contribution is -2.15. The van der Waals surface area contributed by atoms with Crippen LogP contribution in [0.25, 0.3) is 99.1 Å². The van der Waals surface area contributed by atoms with E-state index < -0.39 is 0 Å². The van der Waals surface area contributed by atoms with Crippen LogP contribution in [0.3, 0.4) is 0 Å². The van der Waals surface area contributed by atoms with Crippen molar-refractivity contribution >= 4 is 59.9 Å². The molecule has 0 bridgehead atoms. The standard InChI is InChI=1S/C51H34N4/c1-51(2)43-18-9-7-14-36(43)37-25-24-33(28-44(37)51)55-46-19-10-8-17-40(46)47-39-16-6-4-13-35(39)42-29-41(34-12-3-5-15-38(34)48(42)49(47)55)31-20-22-32(23-21-31)45-30-54-27-11-26-52-50(54)53-45/h3-30H,1-2H3. The molecule has 3 heterocycles. The first kappa shape index (κ1) is 30.4. The minimum absolute atomic E-state index is 0.102. The summed E-state index contributed by atoms with van der Waals surface area (Å²) in [5, 5.41) is 10.1. The Hall–Kier alpha value is -7.04. The maximum absolute atomic E-state index is 4.78. The zero-order valence-electron chi connectivity index (χ0n) is 30.5. The Kier molecular flexibility index (Phi) is 6.09. The fraction of sp³-hybridized carbons (Fsp3) is 0.0588. The Bertz CT molecular complexity index is 3370. The highest BCUT2D eigenvalue weighted by molar-refractivity contribution is 6.37. The SMILES string of the molecule is CC1(C)c2ccccc2-c2ccc(-n3c4ccccc4c4c5ccccc5c5cc(-c6ccc(-c7cn8cccnc8n7)cc6)c6ccccc6c5c43)cc21. The zero-order valence-corrected chi connectivity index (χ0v) is 30.5. The predicted octanol–water partition coefficient (Wildman–Crippen LogP) is 12.9. The lowest BCUT2D eigenvalue weighted by atomic mass is 9.82. The number of para-hydroxylation sites is 1. The number of hydrogen-bond donors (Lipinski definition) is 0. The van der Waals surface area contributed by atoms with E-state index in [0.717, 1.165) is 11.3 Å². The lowest BCUT2D eigenvalue weighted by molar-refractivity contribution is 0.660. The fourth-order valence-corrected chi connectivity index (χ4v) is 9.66. The molecule has 12 rings (SSSR count). The number of benzene rings is 8. The third-order valence-corrected chi connectivity index (χ3v) is 12.2. The van der Waals surface area contributed by atoms with E-state index >= 15 is 0 Å². The van der Waals surface area contributed by atoms with Gasteiger partial charge >= 0.3 is 0 Å². The van der Waals surface area contributed by atoms with Crippen LogP contribution in [0.2, 0.25) is 0 Å². The molecule has 0 unspecified atom stereocenters. The average Bonchev–Trinajstić information content (AvgIpc) is 3.89. The topological polar surface area (TPSA) is 35.1 Å². The van der Waals surface area contributed by atoms with E-state index in [0.29, 0.717) is 5.78 Å². The van der Waals surface area contributed by atoms with E-state index in [2.05, 4.69) is 169 Å². The molecule has 0 radical (unpaired) electrons. The molecule has 0 saturated carbocycles. The molecule has 0 atom stereocenters. The maximum Gasteiger partial charge on any atom is 0.234 e. The summed E-state index contributed by atoms with van der Waals surface area (Å²) in [5.41, 5.74) is 13.4. The molecule has 1 aliphatic rings. The summed E-state index contributed by atoms with van der Waals surface area (Å²) < 4.78 is 4.51.